The van der Waals surface area contributed by atoms with E-state index >= 15 is 0 Å². The minimum absolute atomic E-state index is 0.0771. The van der Waals surface area contributed by atoms with Gasteiger partial charge in [0, 0.05) is 70.9 Å². The number of hydrogen-bond acceptors (Lipinski definition) is 3. The number of rotatable bonds is 7. The molecular formula is C17H29N5O2. The van der Waals surface area contributed by atoms with Crippen LogP contribution in [0.15, 0.2) is 12.4 Å². The van der Waals surface area contributed by atoms with Crippen LogP contribution in [-0.4, -0.2) is 65.0 Å². The number of nitrogens with one attached hydrogen (secondary N) is 1. The van der Waals surface area contributed by atoms with Gasteiger partial charge in [-0.1, -0.05) is 13.8 Å². The van der Waals surface area contributed by atoms with Gasteiger partial charge in [0.25, 0.3) is 0 Å². The molecule has 1 aliphatic rings. The fourth-order valence-electron chi connectivity index (χ4n) is 3.14. The Kier molecular flexibility index (Phi) is 6.23. The molecule has 0 aliphatic carbocycles. The van der Waals surface area contributed by atoms with Crippen LogP contribution < -0.4 is 5.32 Å². The molecule has 1 aromatic rings. The molecule has 7 nitrogen and oxygen atoms in total. The van der Waals surface area contributed by atoms with Crippen molar-refractivity contribution in [2.75, 3.05) is 33.7 Å². The van der Waals surface area contributed by atoms with Gasteiger partial charge in [0.2, 0.25) is 5.91 Å². The maximum absolute atomic E-state index is 12.1. The Bertz CT molecular complexity index is 569. The van der Waals surface area contributed by atoms with Crippen molar-refractivity contribution in [2.24, 2.45) is 5.92 Å². The van der Waals surface area contributed by atoms with Gasteiger partial charge in [-0.05, 0) is 6.42 Å². The Hall–Kier alpha value is -2.05. The lowest BCUT2D eigenvalue weighted by atomic mass is 10.1. The summed E-state index contributed by atoms with van der Waals surface area (Å²) in [5.74, 6) is 1.87. The maximum atomic E-state index is 12.1. The topological polar surface area (TPSA) is 70.5 Å². The zero-order chi connectivity index (χ0) is 17.7. The minimum Gasteiger partial charge on any atom is -0.345 e. The predicted molar refractivity (Wildman–Crippen MR) is 92.7 cm³/mol. The number of nitrogens with zero attached hydrogens (tertiary/aromatic N) is 4. The molecule has 2 heterocycles. The Morgan fingerprint density at radius 3 is 2.88 bits per heavy atom. The second kappa shape index (κ2) is 8.17. The Morgan fingerprint density at radius 2 is 2.25 bits per heavy atom. The molecule has 0 radical (unpaired) electrons. The summed E-state index contributed by atoms with van der Waals surface area (Å²) < 4.78 is 2.14. The SMILES string of the molecule is CC(C)c1nccn1CCCNC(=O)N(C)CC1CC(=O)N(C)C1. The molecule has 1 unspecified atom stereocenters. The summed E-state index contributed by atoms with van der Waals surface area (Å²) in [4.78, 5) is 31.4. The molecule has 134 valence electrons. The van der Waals surface area contributed by atoms with Crippen molar-refractivity contribution < 1.29 is 9.59 Å². The van der Waals surface area contributed by atoms with Crippen LogP contribution in [0.3, 0.4) is 0 Å². The largest absolute Gasteiger partial charge is 0.345 e. The lowest BCUT2D eigenvalue weighted by molar-refractivity contribution is -0.126. The van der Waals surface area contributed by atoms with Crippen LogP contribution in [0, 0.1) is 5.92 Å². The van der Waals surface area contributed by atoms with E-state index in [-0.39, 0.29) is 17.9 Å². The molecular weight excluding hydrogens is 306 g/mol. The molecule has 1 N–H and O–H groups in total. The van der Waals surface area contributed by atoms with Crippen LogP contribution in [0.25, 0.3) is 0 Å². The van der Waals surface area contributed by atoms with Gasteiger partial charge in [0.15, 0.2) is 0 Å². The lowest BCUT2D eigenvalue weighted by Gasteiger charge is -2.21. The number of amides is 3. The second-order valence-corrected chi connectivity index (χ2v) is 6.94. The van der Waals surface area contributed by atoms with Crippen molar-refractivity contribution in [3.05, 3.63) is 18.2 Å². The highest BCUT2D eigenvalue weighted by Crippen LogP contribution is 2.16. The predicted octanol–water partition coefficient (Wildman–Crippen LogP) is 1.52. The van der Waals surface area contributed by atoms with Gasteiger partial charge in [-0.25, -0.2) is 9.78 Å². The van der Waals surface area contributed by atoms with E-state index in [0.29, 0.717) is 25.4 Å². The highest BCUT2D eigenvalue weighted by atomic mass is 16.2. The third-order valence-electron chi connectivity index (χ3n) is 4.42. The van der Waals surface area contributed by atoms with E-state index < -0.39 is 0 Å². The summed E-state index contributed by atoms with van der Waals surface area (Å²) in [5, 5.41) is 2.94. The van der Waals surface area contributed by atoms with Crippen LogP contribution in [0.1, 0.15) is 38.4 Å². The Balaban J connectivity index is 1.67. The number of carbonyl (C=O) groups is 2. The van der Waals surface area contributed by atoms with E-state index in [1.807, 2.05) is 19.4 Å². The van der Waals surface area contributed by atoms with E-state index in [9.17, 15) is 9.59 Å². The highest BCUT2D eigenvalue weighted by molar-refractivity contribution is 5.78. The zero-order valence-electron chi connectivity index (χ0n) is 15.2. The molecule has 1 fully saturated rings. The standard InChI is InChI=1S/C17H29N5O2/c1-13(2)16-18-7-9-22(16)8-5-6-19-17(24)21(4)12-14-10-15(23)20(3)11-14/h7,9,13-14H,5-6,8,10-12H2,1-4H3,(H,19,24). The quantitative estimate of drug-likeness (QED) is 0.768. The van der Waals surface area contributed by atoms with Gasteiger partial charge in [0.05, 0.1) is 0 Å². The van der Waals surface area contributed by atoms with Gasteiger partial charge in [-0.15, -0.1) is 0 Å². The highest BCUT2D eigenvalue weighted by Gasteiger charge is 2.28. The summed E-state index contributed by atoms with van der Waals surface area (Å²) in [5.41, 5.74) is 0. The summed E-state index contributed by atoms with van der Waals surface area (Å²) in [6.45, 7) is 7.07. The normalized spacial score (nSPS) is 17.6. The van der Waals surface area contributed by atoms with Gasteiger partial charge < -0.3 is 19.7 Å². The van der Waals surface area contributed by atoms with E-state index in [0.717, 1.165) is 25.3 Å². The van der Waals surface area contributed by atoms with Crippen molar-refractivity contribution in [3.8, 4) is 0 Å². The summed E-state index contributed by atoms with van der Waals surface area (Å²) in [7, 11) is 3.59. The molecule has 1 aromatic heterocycles. The monoisotopic (exact) mass is 335 g/mol. The number of aromatic nitrogens is 2. The average Bonchev–Trinajstić information content (AvgIpc) is 3.10. The first-order valence-corrected chi connectivity index (χ1v) is 8.62. The van der Waals surface area contributed by atoms with Gasteiger partial charge in [-0.3, -0.25) is 4.79 Å². The van der Waals surface area contributed by atoms with Crippen LogP contribution in [-0.2, 0) is 11.3 Å². The van der Waals surface area contributed by atoms with E-state index in [2.05, 4.69) is 28.7 Å². The lowest BCUT2D eigenvalue weighted by Crippen LogP contribution is -2.40. The molecule has 0 spiro atoms. The van der Waals surface area contributed by atoms with Gasteiger partial charge >= 0.3 is 6.03 Å². The molecule has 3 amide bonds. The molecule has 0 saturated carbocycles. The first-order valence-electron chi connectivity index (χ1n) is 8.62. The zero-order valence-corrected chi connectivity index (χ0v) is 15.2. The second-order valence-electron chi connectivity index (χ2n) is 6.94. The summed E-state index contributed by atoms with van der Waals surface area (Å²) in [6, 6.07) is -0.0771. The number of urea groups is 1. The van der Waals surface area contributed by atoms with Crippen molar-refractivity contribution in [1.29, 1.82) is 0 Å². The molecule has 7 heteroatoms. The Labute approximate surface area is 144 Å². The molecule has 2 rings (SSSR count). The molecule has 0 bridgehead atoms. The number of carbonyl (C=O) groups excluding carboxylic acids is 2. The van der Waals surface area contributed by atoms with Crippen LogP contribution >= 0.6 is 0 Å². The molecule has 1 atom stereocenters. The van der Waals surface area contributed by atoms with Crippen molar-refractivity contribution in [1.82, 2.24) is 24.7 Å². The number of aryl methyl sites for hydroxylation is 1. The van der Waals surface area contributed by atoms with Gasteiger partial charge in [-0.2, -0.15) is 0 Å². The van der Waals surface area contributed by atoms with E-state index in [4.69, 9.17) is 0 Å². The average molecular weight is 335 g/mol. The smallest absolute Gasteiger partial charge is 0.317 e. The number of hydrogen-bond donors (Lipinski definition) is 1. The molecule has 0 aromatic carbocycles. The first-order chi connectivity index (χ1) is 11.4. The van der Waals surface area contributed by atoms with E-state index in [1.54, 1.807) is 16.8 Å². The maximum Gasteiger partial charge on any atom is 0.317 e. The van der Waals surface area contributed by atoms with E-state index in [1.165, 1.54) is 0 Å². The van der Waals surface area contributed by atoms with Crippen molar-refractivity contribution >= 4 is 11.9 Å². The van der Waals surface area contributed by atoms with Crippen LogP contribution in [0.4, 0.5) is 4.79 Å². The fourth-order valence-corrected chi connectivity index (χ4v) is 3.14. The fraction of sp³-hybridized carbons (Fsp3) is 0.706. The van der Waals surface area contributed by atoms with Crippen molar-refractivity contribution in [2.45, 2.75) is 39.2 Å². The third-order valence-corrected chi connectivity index (χ3v) is 4.42. The number of imidazole rings is 1. The minimum atomic E-state index is -0.0771. The third kappa shape index (κ3) is 4.72. The van der Waals surface area contributed by atoms with Crippen LogP contribution in [0.5, 0.6) is 0 Å². The number of likely N-dealkylation sites (tertiary alicyclic amines) is 1. The summed E-state index contributed by atoms with van der Waals surface area (Å²) >= 11 is 0. The molecule has 1 saturated heterocycles. The Morgan fingerprint density at radius 1 is 1.50 bits per heavy atom. The van der Waals surface area contributed by atoms with Crippen molar-refractivity contribution in [3.63, 3.8) is 0 Å². The van der Waals surface area contributed by atoms with Crippen LogP contribution in [0.2, 0.25) is 0 Å². The first kappa shape index (κ1) is 18.3. The summed E-state index contributed by atoms with van der Waals surface area (Å²) in [6.07, 6.45) is 5.20. The van der Waals surface area contributed by atoms with Gasteiger partial charge in [0.1, 0.15) is 5.82 Å². The molecule has 1 aliphatic heterocycles. The molecule has 24 heavy (non-hydrogen) atoms.